The molecule has 3 fully saturated rings. The van der Waals surface area contributed by atoms with Crippen molar-refractivity contribution in [2.45, 2.75) is 45.3 Å². The summed E-state index contributed by atoms with van der Waals surface area (Å²) in [5.41, 5.74) is 0.967. The molecule has 26 heavy (non-hydrogen) atoms. The van der Waals surface area contributed by atoms with Crippen LogP contribution in [0.5, 0.6) is 0 Å². The van der Waals surface area contributed by atoms with Gasteiger partial charge in [-0.3, -0.25) is 9.78 Å². The molecule has 8 nitrogen and oxygen atoms in total. The lowest BCUT2D eigenvalue weighted by Gasteiger charge is -2.35. The average molecular weight is 355 g/mol. The van der Waals surface area contributed by atoms with Crippen molar-refractivity contribution >= 4 is 5.91 Å². The van der Waals surface area contributed by atoms with Crippen molar-refractivity contribution < 1.29 is 4.79 Å². The van der Waals surface area contributed by atoms with Gasteiger partial charge in [0.25, 0.3) is 0 Å². The molecule has 138 valence electrons. The third-order valence-electron chi connectivity index (χ3n) is 5.48. The predicted octanol–water partition coefficient (Wildman–Crippen LogP) is 0.890. The van der Waals surface area contributed by atoms with Crippen LogP contribution < -0.4 is 0 Å². The zero-order valence-electron chi connectivity index (χ0n) is 15.2. The zero-order chi connectivity index (χ0) is 17.9. The molecule has 0 N–H and O–H groups in total. The molecular formula is C18H25N7O. The number of piperidine rings is 1. The Morgan fingerprint density at radius 1 is 1.19 bits per heavy atom. The van der Waals surface area contributed by atoms with Crippen LogP contribution in [0.4, 0.5) is 0 Å². The smallest absolute Gasteiger partial charge is 0.227 e. The molecular weight excluding hydrogens is 330 g/mol. The monoisotopic (exact) mass is 355 g/mol. The summed E-state index contributed by atoms with van der Waals surface area (Å²) < 4.78 is 1.84. The summed E-state index contributed by atoms with van der Waals surface area (Å²) in [6, 6.07) is 6.18. The maximum atomic E-state index is 12.9. The van der Waals surface area contributed by atoms with Crippen molar-refractivity contribution in [3.63, 3.8) is 0 Å². The Bertz CT molecular complexity index is 747. The number of pyridine rings is 1. The van der Waals surface area contributed by atoms with Crippen molar-refractivity contribution in [2.24, 2.45) is 5.92 Å². The Morgan fingerprint density at radius 3 is 2.88 bits per heavy atom. The summed E-state index contributed by atoms with van der Waals surface area (Å²) in [4.78, 5) is 21.8. The van der Waals surface area contributed by atoms with Crippen LogP contribution in [0.3, 0.4) is 0 Å². The summed E-state index contributed by atoms with van der Waals surface area (Å²) in [5, 5.41) is 11.6. The van der Waals surface area contributed by atoms with Crippen LogP contribution in [0, 0.1) is 12.8 Å². The van der Waals surface area contributed by atoms with Crippen molar-refractivity contribution in [1.82, 2.24) is 35.0 Å². The topological polar surface area (TPSA) is 80.0 Å². The summed E-state index contributed by atoms with van der Waals surface area (Å²) in [5.74, 6) is 1.26. The van der Waals surface area contributed by atoms with Crippen molar-refractivity contribution in [3.05, 3.63) is 35.9 Å². The van der Waals surface area contributed by atoms with E-state index in [1.807, 2.05) is 29.8 Å². The quantitative estimate of drug-likeness (QED) is 0.766. The molecule has 5 rings (SSSR count). The van der Waals surface area contributed by atoms with Crippen molar-refractivity contribution in [1.29, 1.82) is 0 Å². The zero-order valence-corrected chi connectivity index (χ0v) is 15.2. The lowest BCUT2D eigenvalue weighted by Crippen LogP contribution is -2.47. The molecule has 2 aromatic heterocycles. The lowest BCUT2D eigenvalue weighted by atomic mass is 9.94. The normalized spacial score (nSPS) is 23.4. The second kappa shape index (κ2) is 7.49. The standard InChI is InChI=1S/C18H25N7O/c1-14-20-21-22-25(14)10-4-9-23-11-15-6-7-17(13-23)24(18(15)26)12-16-5-2-3-8-19-16/h2-3,5,8,15,17H,4,6-7,9-13H2,1H3/t15-,17+/m1/s1. The van der Waals surface area contributed by atoms with E-state index in [1.165, 1.54) is 0 Å². The van der Waals surface area contributed by atoms with Gasteiger partial charge in [-0.05, 0) is 48.7 Å². The molecule has 5 heterocycles. The molecule has 3 saturated heterocycles. The number of rotatable bonds is 6. The number of tetrazole rings is 1. The van der Waals surface area contributed by atoms with E-state index in [-0.39, 0.29) is 12.0 Å². The van der Waals surface area contributed by atoms with E-state index in [0.717, 1.165) is 57.0 Å². The highest BCUT2D eigenvalue weighted by Gasteiger charge is 2.40. The molecule has 0 aromatic carbocycles. The van der Waals surface area contributed by atoms with Gasteiger partial charge in [0, 0.05) is 38.4 Å². The fourth-order valence-corrected chi connectivity index (χ4v) is 4.09. The van der Waals surface area contributed by atoms with Crippen LogP contribution in [0.2, 0.25) is 0 Å². The van der Waals surface area contributed by atoms with Gasteiger partial charge < -0.3 is 9.80 Å². The van der Waals surface area contributed by atoms with Crippen LogP contribution >= 0.6 is 0 Å². The van der Waals surface area contributed by atoms with Crippen LogP contribution in [0.25, 0.3) is 0 Å². The fourth-order valence-electron chi connectivity index (χ4n) is 4.09. The van der Waals surface area contributed by atoms with Gasteiger partial charge in [-0.1, -0.05) is 6.07 Å². The Hall–Kier alpha value is -2.35. The fraction of sp³-hybridized carbons (Fsp3) is 0.611. The molecule has 0 radical (unpaired) electrons. The van der Waals surface area contributed by atoms with Gasteiger partial charge in [0.2, 0.25) is 5.91 Å². The van der Waals surface area contributed by atoms with E-state index in [0.29, 0.717) is 12.5 Å². The van der Waals surface area contributed by atoms with Crippen molar-refractivity contribution in [3.8, 4) is 0 Å². The van der Waals surface area contributed by atoms with Crippen LogP contribution in [-0.4, -0.2) is 66.6 Å². The molecule has 8 heteroatoms. The maximum absolute atomic E-state index is 12.9. The van der Waals surface area contributed by atoms with Gasteiger partial charge >= 0.3 is 0 Å². The van der Waals surface area contributed by atoms with Crippen LogP contribution in [-0.2, 0) is 17.9 Å². The molecule has 1 amide bonds. The first-order valence-corrected chi connectivity index (χ1v) is 9.36. The van der Waals surface area contributed by atoms with E-state index < -0.39 is 0 Å². The van der Waals surface area contributed by atoms with Gasteiger partial charge in [0.1, 0.15) is 5.82 Å². The maximum Gasteiger partial charge on any atom is 0.227 e. The van der Waals surface area contributed by atoms with Gasteiger partial charge in [-0.15, -0.1) is 5.10 Å². The van der Waals surface area contributed by atoms with Crippen LogP contribution in [0.1, 0.15) is 30.8 Å². The summed E-state index contributed by atoms with van der Waals surface area (Å²) in [7, 11) is 0. The molecule has 0 spiro atoms. The van der Waals surface area contributed by atoms with E-state index in [1.54, 1.807) is 6.20 Å². The SMILES string of the molecule is Cc1nnnn1CCCN1C[C@H]2CC[C@@H](C1)N(Cc1ccccn1)C2=O. The Morgan fingerprint density at radius 2 is 2.12 bits per heavy atom. The van der Waals surface area contributed by atoms with Gasteiger partial charge in [-0.2, -0.15) is 0 Å². The number of carbonyl (C=O) groups is 1. The average Bonchev–Trinajstić information content (AvgIpc) is 2.88. The van der Waals surface area contributed by atoms with Crippen molar-refractivity contribution in [2.75, 3.05) is 19.6 Å². The highest BCUT2D eigenvalue weighted by atomic mass is 16.2. The number of aromatic nitrogens is 5. The first-order valence-electron chi connectivity index (χ1n) is 9.36. The molecule has 2 bridgehead atoms. The Balaban J connectivity index is 1.37. The number of hydrogen-bond acceptors (Lipinski definition) is 6. The largest absolute Gasteiger partial charge is 0.332 e. The molecule has 3 aliphatic heterocycles. The van der Waals surface area contributed by atoms with E-state index >= 15 is 0 Å². The summed E-state index contributed by atoms with van der Waals surface area (Å²) in [6.07, 6.45) is 4.87. The van der Waals surface area contributed by atoms with Gasteiger partial charge in [-0.25, -0.2) is 4.68 Å². The highest BCUT2D eigenvalue weighted by Crippen LogP contribution is 2.30. The minimum atomic E-state index is 0.118. The van der Waals surface area contributed by atoms with Crippen LogP contribution in [0.15, 0.2) is 24.4 Å². The summed E-state index contributed by atoms with van der Waals surface area (Å²) in [6.45, 7) is 6.14. The first-order chi connectivity index (χ1) is 12.7. The Labute approximate surface area is 153 Å². The molecule has 3 aliphatic rings. The number of carbonyl (C=O) groups excluding carboxylic acids is 1. The highest BCUT2D eigenvalue weighted by molar-refractivity contribution is 5.80. The molecule has 2 atom stereocenters. The number of nitrogens with zero attached hydrogens (tertiary/aromatic N) is 7. The van der Waals surface area contributed by atoms with E-state index in [2.05, 4.69) is 30.3 Å². The first kappa shape index (κ1) is 17.1. The number of aryl methyl sites for hydroxylation is 2. The Kier molecular flexibility index (Phi) is 4.92. The third-order valence-corrected chi connectivity index (χ3v) is 5.48. The lowest BCUT2D eigenvalue weighted by molar-refractivity contribution is -0.140. The second-order valence-corrected chi connectivity index (χ2v) is 7.28. The third kappa shape index (κ3) is 3.60. The minimum Gasteiger partial charge on any atom is -0.332 e. The van der Waals surface area contributed by atoms with E-state index in [4.69, 9.17) is 0 Å². The van der Waals surface area contributed by atoms with Gasteiger partial charge in [0.15, 0.2) is 0 Å². The molecule has 0 unspecified atom stereocenters. The second-order valence-electron chi connectivity index (χ2n) is 7.28. The summed E-state index contributed by atoms with van der Waals surface area (Å²) >= 11 is 0. The number of fused-ring (bicyclic) bond motifs is 4. The minimum absolute atomic E-state index is 0.118. The van der Waals surface area contributed by atoms with E-state index in [9.17, 15) is 4.79 Å². The molecule has 0 aliphatic carbocycles. The number of hydrogen-bond donors (Lipinski definition) is 0. The number of amides is 1. The predicted molar refractivity (Wildman–Crippen MR) is 94.9 cm³/mol. The van der Waals surface area contributed by atoms with Gasteiger partial charge in [0.05, 0.1) is 18.2 Å². The molecule has 2 aromatic rings. The molecule has 0 saturated carbocycles.